The third-order valence-corrected chi connectivity index (χ3v) is 3.89. The van der Waals surface area contributed by atoms with Crippen LogP contribution in [0, 0.1) is 0 Å². The summed E-state index contributed by atoms with van der Waals surface area (Å²) >= 11 is 0. The zero-order chi connectivity index (χ0) is 20.0. The van der Waals surface area contributed by atoms with Crippen LogP contribution < -0.4 is 10.1 Å². The molecule has 0 saturated carbocycles. The van der Waals surface area contributed by atoms with E-state index in [9.17, 15) is 4.79 Å². The highest BCUT2D eigenvalue weighted by atomic mass is 16.6. The number of carbonyl (C=O) groups is 1. The molecule has 3 rings (SSSR count). The van der Waals surface area contributed by atoms with Crippen LogP contribution in [0.25, 0.3) is 0 Å². The highest BCUT2D eigenvalue weighted by Crippen LogP contribution is 2.25. The number of rotatable bonds is 5. The maximum Gasteiger partial charge on any atom is 0.412 e. The van der Waals surface area contributed by atoms with Crippen molar-refractivity contribution in [3.8, 4) is 11.5 Å². The summed E-state index contributed by atoms with van der Waals surface area (Å²) in [6.45, 7) is 5.48. The van der Waals surface area contributed by atoms with Gasteiger partial charge in [0, 0.05) is 11.8 Å². The molecule has 0 fully saturated rings. The van der Waals surface area contributed by atoms with E-state index in [-0.39, 0.29) is 0 Å². The largest absolute Gasteiger partial charge is 0.457 e. The molecule has 0 spiro atoms. The summed E-state index contributed by atoms with van der Waals surface area (Å²) in [5, 5.41) is 2.72. The minimum Gasteiger partial charge on any atom is -0.457 e. The van der Waals surface area contributed by atoms with Gasteiger partial charge in [0.1, 0.15) is 17.1 Å². The van der Waals surface area contributed by atoms with Crippen LogP contribution in [0.1, 0.15) is 31.9 Å². The Morgan fingerprint density at radius 1 is 0.821 bits per heavy atom. The summed E-state index contributed by atoms with van der Waals surface area (Å²) in [5.41, 5.74) is 2.57. The summed E-state index contributed by atoms with van der Waals surface area (Å²) in [6, 6.07) is 25.6. The second kappa shape index (κ2) is 8.61. The first-order valence-corrected chi connectivity index (χ1v) is 9.28. The highest BCUT2D eigenvalue weighted by Gasteiger charge is 2.16. The summed E-state index contributed by atoms with van der Waals surface area (Å²) in [5.74, 6) is 1.38. The summed E-state index contributed by atoms with van der Waals surface area (Å²) < 4.78 is 11.2. The number of ether oxygens (including phenoxy) is 2. The molecule has 0 atom stereocenters. The summed E-state index contributed by atoms with van der Waals surface area (Å²) in [6.07, 6.45) is 0.395. The lowest BCUT2D eigenvalue weighted by Gasteiger charge is -2.19. The van der Waals surface area contributed by atoms with Crippen molar-refractivity contribution in [2.45, 2.75) is 32.8 Å². The van der Waals surface area contributed by atoms with Crippen molar-refractivity contribution in [2.24, 2.45) is 0 Å². The lowest BCUT2D eigenvalue weighted by molar-refractivity contribution is 0.0636. The predicted molar refractivity (Wildman–Crippen MR) is 112 cm³/mol. The zero-order valence-electron chi connectivity index (χ0n) is 16.4. The Bertz CT molecular complexity index is 913. The lowest BCUT2D eigenvalue weighted by Crippen LogP contribution is -2.27. The second-order valence-electron chi connectivity index (χ2n) is 7.56. The Morgan fingerprint density at radius 3 is 2.18 bits per heavy atom. The van der Waals surface area contributed by atoms with Crippen molar-refractivity contribution in [1.29, 1.82) is 0 Å². The van der Waals surface area contributed by atoms with E-state index in [4.69, 9.17) is 9.47 Å². The van der Waals surface area contributed by atoms with E-state index in [2.05, 4.69) is 29.6 Å². The first kappa shape index (κ1) is 19.5. The molecule has 3 aromatic rings. The molecular formula is C24H25NO3. The monoisotopic (exact) mass is 375 g/mol. The minimum absolute atomic E-state index is 0.491. The molecule has 0 unspecified atom stereocenters. The van der Waals surface area contributed by atoms with Gasteiger partial charge in [-0.3, -0.25) is 5.32 Å². The van der Waals surface area contributed by atoms with E-state index < -0.39 is 11.7 Å². The molecule has 0 radical (unpaired) electrons. The molecule has 1 N–H and O–H groups in total. The minimum atomic E-state index is -0.542. The van der Waals surface area contributed by atoms with E-state index in [0.29, 0.717) is 11.4 Å². The molecule has 144 valence electrons. The first-order chi connectivity index (χ1) is 13.4. The summed E-state index contributed by atoms with van der Waals surface area (Å²) in [7, 11) is 0. The van der Waals surface area contributed by atoms with Crippen LogP contribution in [-0.4, -0.2) is 11.7 Å². The number of carbonyl (C=O) groups excluding carboxylic acids is 1. The van der Waals surface area contributed by atoms with Crippen molar-refractivity contribution in [1.82, 2.24) is 0 Å². The van der Waals surface area contributed by atoms with E-state index in [1.165, 1.54) is 11.1 Å². The van der Waals surface area contributed by atoms with E-state index >= 15 is 0 Å². The van der Waals surface area contributed by atoms with Crippen molar-refractivity contribution in [3.05, 3.63) is 90.0 Å². The maximum atomic E-state index is 11.9. The fourth-order valence-electron chi connectivity index (χ4n) is 2.70. The van der Waals surface area contributed by atoms with Crippen molar-refractivity contribution in [3.63, 3.8) is 0 Å². The predicted octanol–water partition coefficient (Wildman–Crippen LogP) is 6.42. The van der Waals surface area contributed by atoms with Crippen LogP contribution in [0.3, 0.4) is 0 Å². The molecule has 0 aliphatic heterocycles. The Hall–Kier alpha value is -3.27. The molecule has 0 aromatic heterocycles. The average molecular weight is 375 g/mol. The Morgan fingerprint density at radius 2 is 1.50 bits per heavy atom. The topological polar surface area (TPSA) is 47.6 Å². The molecular weight excluding hydrogens is 350 g/mol. The molecule has 0 heterocycles. The maximum absolute atomic E-state index is 11.9. The van der Waals surface area contributed by atoms with Gasteiger partial charge in [-0.15, -0.1) is 0 Å². The molecule has 4 heteroatoms. The van der Waals surface area contributed by atoms with Gasteiger partial charge in [0.2, 0.25) is 0 Å². The molecule has 4 nitrogen and oxygen atoms in total. The number of anilines is 1. The van der Waals surface area contributed by atoms with Gasteiger partial charge in [-0.2, -0.15) is 0 Å². The Kier molecular flexibility index (Phi) is 5.99. The number of nitrogens with one attached hydrogen (secondary N) is 1. The molecule has 28 heavy (non-hydrogen) atoms. The van der Waals surface area contributed by atoms with Crippen molar-refractivity contribution >= 4 is 11.8 Å². The fourth-order valence-corrected chi connectivity index (χ4v) is 2.70. The standard InChI is InChI=1S/C24H25NO3/c1-24(2,3)28-23(26)25-20-10-7-11-22(17-20)27-21-14-12-19(13-15-21)16-18-8-5-4-6-9-18/h4-15,17H,16H2,1-3H3,(H,25,26). The lowest BCUT2D eigenvalue weighted by atomic mass is 10.1. The summed E-state index contributed by atoms with van der Waals surface area (Å²) in [4.78, 5) is 11.9. The SMILES string of the molecule is CC(C)(C)OC(=O)Nc1cccc(Oc2ccc(Cc3ccccc3)cc2)c1. The zero-order valence-corrected chi connectivity index (χ0v) is 16.4. The van der Waals surface area contributed by atoms with Crippen LogP contribution in [0.2, 0.25) is 0 Å². The van der Waals surface area contributed by atoms with E-state index in [1.54, 1.807) is 12.1 Å². The Labute approximate surface area is 166 Å². The van der Waals surface area contributed by atoms with Crippen LogP contribution in [0.4, 0.5) is 10.5 Å². The third-order valence-electron chi connectivity index (χ3n) is 3.89. The normalized spacial score (nSPS) is 11.0. The molecule has 0 aliphatic carbocycles. The van der Waals surface area contributed by atoms with Crippen molar-refractivity contribution < 1.29 is 14.3 Å². The van der Waals surface area contributed by atoms with Crippen LogP contribution in [-0.2, 0) is 11.2 Å². The van der Waals surface area contributed by atoms with Gasteiger partial charge in [0.05, 0.1) is 0 Å². The quantitative estimate of drug-likeness (QED) is 0.560. The smallest absolute Gasteiger partial charge is 0.412 e. The van der Waals surface area contributed by atoms with Gasteiger partial charge in [-0.25, -0.2) is 4.79 Å². The Balaban J connectivity index is 1.61. The van der Waals surface area contributed by atoms with Crippen LogP contribution in [0.15, 0.2) is 78.9 Å². The van der Waals surface area contributed by atoms with Gasteiger partial charge in [-0.05, 0) is 62.6 Å². The first-order valence-electron chi connectivity index (χ1n) is 9.28. The number of amides is 1. The van der Waals surface area contributed by atoms with Gasteiger partial charge in [-0.1, -0.05) is 48.5 Å². The number of benzene rings is 3. The number of hydrogen-bond acceptors (Lipinski definition) is 3. The molecule has 0 aliphatic rings. The van der Waals surface area contributed by atoms with Gasteiger partial charge < -0.3 is 9.47 Å². The van der Waals surface area contributed by atoms with Crippen molar-refractivity contribution in [2.75, 3.05) is 5.32 Å². The second-order valence-corrected chi connectivity index (χ2v) is 7.56. The van der Waals surface area contributed by atoms with Crippen LogP contribution >= 0.6 is 0 Å². The van der Waals surface area contributed by atoms with E-state index in [0.717, 1.165) is 12.2 Å². The molecule has 0 bridgehead atoms. The molecule has 1 amide bonds. The molecule has 0 saturated heterocycles. The molecule has 3 aromatic carbocycles. The van der Waals surface area contributed by atoms with Gasteiger partial charge in [0.25, 0.3) is 0 Å². The van der Waals surface area contributed by atoms with E-state index in [1.807, 2.05) is 63.2 Å². The van der Waals surface area contributed by atoms with Crippen LogP contribution in [0.5, 0.6) is 11.5 Å². The van der Waals surface area contributed by atoms with Gasteiger partial charge in [0.15, 0.2) is 0 Å². The average Bonchev–Trinajstić information content (AvgIpc) is 2.63. The fraction of sp³-hybridized carbons (Fsp3) is 0.208. The highest BCUT2D eigenvalue weighted by molar-refractivity contribution is 5.85. The number of hydrogen-bond donors (Lipinski definition) is 1. The third kappa shape index (κ3) is 6.16. The van der Waals surface area contributed by atoms with Gasteiger partial charge >= 0.3 is 6.09 Å².